The molecule has 0 fully saturated rings. The minimum atomic E-state index is -0.354. The lowest BCUT2D eigenvalue weighted by Crippen LogP contribution is -2.19. The van der Waals surface area contributed by atoms with Gasteiger partial charge in [0.25, 0.3) is 0 Å². The summed E-state index contributed by atoms with van der Waals surface area (Å²) in [7, 11) is 0. The molecule has 15 heavy (non-hydrogen) atoms. The summed E-state index contributed by atoms with van der Waals surface area (Å²) in [5.41, 5.74) is 0.955. The molecule has 3 heteroatoms. The highest BCUT2D eigenvalue weighted by molar-refractivity contribution is 9.10. The molecule has 0 aliphatic rings. The van der Waals surface area contributed by atoms with Crippen molar-refractivity contribution in [2.24, 2.45) is 5.92 Å². The molecule has 0 aliphatic carbocycles. The molecule has 0 radical (unpaired) electrons. The topological polar surface area (TPSA) is 20.2 Å². The largest absolute Gasteiger partial charge is 0.393 e. The third kappa shape index (κ3) is 3.58. The van der Waals surface area contributed by atoms with Crippen molar-refractivity contribution >= 4 is 15.9 Å². The highest BCUT2D eigenvalue weighted by Gasteiger charge is 2.13. The molecule has 0 aromatic heterocycles. The van der Waals surface area contributed by atoms with Crippen LogP contribution in [0.3, 0.4) is 0 Å². The van der Waals surface area contributed by atoms with Gasteiger partial charge in [0.1, 0.15) is 5.82 Å². The van der Waals surface area contributed by atoms with Crippen LogP contribution in [0, 0.1) is 11.7 Å². The maximum atomic E-state index is 13.0. The lowest BCUT2D eigenvalue weighted by Gasteiger charge is -2.17. The Labute approximate surface area is 98.4 Å². The molecule has 2 atom stereocenters. The number of halogens is 2. The van der Waals surface area contributed by atoms with Gasteiger partial charge in [0, 0.05) is 0 Å². The van der Waals surface area contributed by atoms with Crippen LogP contribution in [0.4, 0.5) is 4.39 Å². The fourth-order valence-electron chi connectivity index (χ4n) is 1.38. The van der Waals surface area contributed by atoms with Crippen LogP contribution in [0.15, 0.2) is 22.7 Å². The Bertz CT molecular complexity index is 327. The summed E-state index contributed by atoms with van der Waals surface area (Å²) in [6.07, 6.45) is 1.17. The quantitative estimate of drug-likeness (QED) is 0.891. The second-order valence-corrected chi connectivity index (χ2v) is 4.76. The summed E-state index contributed by atoms with van der Waals surface area (Å²) in [5.74, 6) is 0.00519. The molecular weight excluding hydrogens is 259 g/mol. The number of rotatable bonds is 4. The third-order valence-electron chi connectivity index (χ3n) is 2.73. The van der Waals surface area contributed by atoms with E-state index in [0.717, 1.165) is 12.0 Å². The zero-order valence-corrected chi connectivity index (χ0v) is 10.6. The molecule has 0 heterocycles. The molecular formula is C12H16BrFO. The molecule has 0 saturated heterocycles. The van der Waals surface area contributed by atoms with Crippen LogP contribution in [-0.2, 0) is 6.42 Å². The summed E-state index contributed by atoms with van der Waals surface area (Å²) in [5, 5.41) is 9.82. The van der Waals surface area contributed by atoms with Gasteiger partial charge in [-0.05, 0) is 46.0 Å². The standard InChI is InChI=1S/C12H16BrFO/c1-3-8(2)12(15)7-9-4-5-11(14)10(13)6-9/h4-6,8,12,15H,3,7H2,1-2H3. The zero-order chi connectivity index (χ0) is 11.4. The third-order valence-corrected chi connectivity index (χ3v) is 3.34. The molecule has 2 unspecified atom stereocenters. The van der Waals surface area contributed by atoms with E-state index >= 15 is 0 Å². The smallest absolute Gasteiger partial charge is 0.137 e. The minimum Gasteiger partial charge on any atom is -0.393 e. The number of aliphatic hydroxyl groups excluding tert-OH is 1. The van der Waals surface area contributed by atoms with Crippen LogP contribution < -0.4 is 0 Å². The number of hydrogen-bond acceptors (Lipinski definition) is 1. The average Bonchev–Trinajstić information content (AvgIpc) is 2.22. The molecule has 0 spiro atoms. The second-order valence-electron chi connectivity index (χ2n) is 3.91. The average molecular weight is 275 g/mol. The Morgan fingerprint density at radius 1 is 1.47 bits per heavy atom. The monoisotopic (exact) mass is 274 g/mol. The van der Waals surface area contributed by atoms with Crippen LogP contribution in [-0.4, -0.2) is 11.2 Å². The van der Waals surface area contributed by atoms with Gasteiger partial charge in [-0.3, -0.25) is 0 Å². The lowest BCUT2D eigenvalue weighted by molar-refractivity contribution is 0.115. The van der Waals surface area contributed by atoms with Gasteiger partial charge in [-0.15, -0.1) is 0 Å². The van der Waals surface area contributed by atoms with Gasteiger partial charge in [-0.25, -0.2) is 4.39 Å². The fraction of sp³-hybridized carbons (Fsp3) is 0.500. The van der Waals surface area contributed by atoms with Crippen molar-refractivity contribution in [3.05, 3.63) is 34.1 Å². The Morgan fingerprint density at radius 3 is 2.67 bits per heavy atom. The van der Waals surface area contributed by atoms with Gasteiger partial charge in [0.15, 0.2) is 0 Å². The lowest BCUT2D eigenvalue weighted by atomic mass is 9.96. The van der Waals surface area contributed by atoms with E-state index in [4.69, 9.17) is 0 Å². The SMILES string of the molecule is CCC(C)C(O)Cc1ccc(F)c(Br)c1. The van der Waals surface area contributed by atoms with Gasteiger partial charge in [-0.1, -0.05) is 26.3 Å². The van der Waals surface area contributed by atoms with Crippen molar-refractivity contribution in [1.82, 2.24) is 0 Å². The van der Waals surface area contributed by atoms with Crippen LogP contribution in [0.25, 0.3) is 0 Å². The highest BCUT2D eigenvalue weighted by Crippen LogP contribution is 2.19. The zero-order valence-electron chi connectivity index (χ0n) is 9.00. The summed E-state index contributed by atoms with van der Waals surface area (Å²) in [4.78, 5) is 0. The van der Waals surface area contributed by atoms with E-state index in [-0.39, 0.29) is 17.8 Å². The van der Waals surface area contributed by atoms with Crippen LogP contribution in [0.2, 0.25) is 0 Å². The fourth-order valence-corrected chi connectivity index (χ4v) is 1.81. The van der Waals surface area contributed by atoms with Gasteiger partial charge in [0.05, 0.1) is 10.6 Å². The molecule has 0 aliphatic heterocycles. The van der Waals surface area contributed by atoms with Gasteiger partial charge < -0.3 is 5.11 Å². The Morgan fingerprint density at radius 2 is 2.13 bits per heavy atom. The Hall–Kier alpha value is -0.410. The van der Waals surface area contributed by atoms with Crippen LogP contribution in [0.5, 0.6) is 0 Å². The first-order chi connectivity index (χ1) is 7.04. The number of hydrogen-bond donors (Lipinski definition) is 1. The van der Waals surface area contributed by atoms with E-state index in [1.807, 2.05) is 6.92 Å². The van der Waals surface area contributed by atoms with E-state index in [1.54, 1.807) is 12.1 Å². The Kier molecular flexibility index (Phi) is 4.74. The number of benzene rings is 1. The van der Waals surface area contributed by atoms with Crippen molar-refractivity contribution in [1.29, 1.82) is 0 Å². The summed E-state index contributed by atoms with van der Waals surface area (Å²) in [6.45, 7) is 4.07. The molecule has 0 amide bonds. The molecule has 1 rings (SSSR count). The molecule has 1 aromatic carbocycles. The molecule has 84 valence electrons. The maximum Gasteiger partial charge on any atom is 0.137 e. The van der Waals surface area contributed by atoms with Crippen molar-refractivity contribution in [2.45, 2.75) is 32.8 Å². The normalized spacial score (nSPS) is 15.0. The predicted molar refractivity (Wildman–Crippen MR) is 63.3 cm³/mol. The molecule has 1 N–H and O–H groups in total. The molecule has 0 saturated carbocycles. The van der Waals surface area contributed by atoms with Crippen LogP contribution >= 0.6 is 15.9 Å². The maximum absolute atomic E-state index is 13.0. The van der Waals surface area contributed by atoms with E-state index < -0.39 is 0 Å². The van der Waals surface area contributed by atoms with E-state index in [2.05, 4.69) is 22.9 Å². The van der Waals surface area contributed by atoms with E-state index in [0.29, 0.717) is 10.9 Å². The molecule has 0 bridgehead atoms. The van der Waals surface area contributed by atoms with Crippen molar-refractivity contribution < 1.29 is 9.50 Å². The van der Waals surface area contributed by atoms with Crippen molar-refractivity contribution in [3.8, 4) is 0 Å². The minimum absolute atomic E-state index is 0.267. The summed E-state index contributed by atoms with van der Waals surface area (Å²) in [6, 6.07) is 4.86. The number of aliphatic hydroxyl groups is 1. The van der Waals surface area contributed by atoms with Crippen LogP contribution in [0.1, 0.15) is 25.8 Å². The molecule has 1 nitrogen and oxygen atoms in total. The Balaban J connectivity index is 2.68. The second kappa shape index (κ2) is 5.61. The first-order valence-corrected chi connectivity index (χ1v) is 5.96. The van der Waals surface area contributed by atoms with Gasteiger partial charge >= 0.3 is 0 Å². The first kappa shape index (κ1) is 12.7. The first-order valence-electron chi connectivity index (χ1n) is 5.16. The van der Waals surface area contributed by atoms with Gasteiger partial charge in [-0.2, -0.15) is 0 Å². The highest BCUT2D eigenvalue weighted by atomic mass is 79.9. The van der Waals surface area contributed by atoms with Crippen molar-refractivity contribution in [3.63, 3.8) is 0 Å². The predicted octanol–water partition coefficient (Wildman–Crippen LogP) is 3.54. The van der Waals surface area contributed by atoms with E-state index in [1.165, 1.54) is 6.07 Å². The van der Waals surface area contributed by atoms with E-state index in [9.17, 15) is 9.50 Å². The summed E-state index contributed by atoms with van der Waals surface area (Å²) < 4.78 is 13.4. The molecule has 1 aromatic rings. The summed E-state index contributed by atoms with van der Waals surface area (Å²) >= 11 is 3.13. The van der Waals surface area contributed by atoms with Gasteiger partial charge in [0.2, 0.25) is 0 Å². The van der Waals surface area contributed by atoms with Crippen molar-refractivity contribution in [2.75, 3.05) is 0 Å².